The first-order valence-electron chi connectivity index (χ1n) is 11.3. The fourth-order valence-corrected chi connectivity index (χ4v) is 3.57. The van der Waals surface area contributed by atoms with Crippen LogP contribution in [0.3, 0.4) is 0 Å². The first-order valence-corrected chi connectivity index (χ1v) is 12.1. The molecule has 1 amide bonds. The monoisotopic (exact) mass is 486 g/mol. The largest absolute Gasteiger partial charge is 0.477 e. The molecule has 0 spiro atoms. The predicted molar refractivity (Wildman–Crippen MR) is 133 cm³/mol. The quantitative estimate of drug-likeness (QED) is 0.188. The molecule has 4 nitrogen and oxygen atoms in total. The number of nitrogens with zero attached hydrogens (tertiary/aromatic N) is 1. The van der Waals surface area contributed by atoms with Gasteiger partial charge in [0, 0.05) is 18.0 Å². The van der Waals surface area contributed by atoms with E-state index in [-0.39, 0.29) is 5.91 Å². The van der Waals surface area contributed by atoms with Crippen molar-refractivity contribution in [1.29, 1.82) is 0 Å². The molecule has 31 heavy (non-hydrogen) atoms. The lowest BCUT2D eigenvalue weighted by molar-refractivity contribution is -0.116. The Labute approximate surface area is 195 Å². The van der Waals surface area contributed by atoms with Crippen LogP contribution in [0.2, 0.25) is 0 Å². The number of halogens is 1. The lowest BCUT2D eigenvalue weighted by Crippen LogP contribution is -2.25. The molecule has 0 bridgehead atoms. The number of allylic oxidation sites excluding steroid dienone is 3. The highest BCUT2D eigenvalue weighted by Gasteiger charge is 2.05. The number of amides is 1. The predicted octanol–water partition coefficient (Wildman–Crippen LogP) is 6.99. The molecule has 0 unspecified atom stereocenters. The van der Waals surface area contributed by atoms with Gasteiger partial charge in [0.05, 0.1) is 16.6 Å². The van der Waals surface area contributed by atoms with E-state index in [1.807, 2.05) is 37.3 Å². The summed E-state index contributed by atoms with van der Waals surface area (Å²) in [6, 6.07) is 10.1. The summed E-state index contributed by atoms with van der Waals surface area (Å²) in [5.74, 6) is 1.13. The van der Waals surface area contributed by atoms with Crippen LogP contribution in [0, 0.1) is 5.92 Å². The zero-order valence-electron chi connectivity index (χ0n) is 19.0. The molecule has 0 saturated heterocycles. The van der Waals surface area contributed by atoms with E-state index in [4.69, 9.17) is 4.74 Å². The Morgan fingerprint density at radius 1 is 1.16 bits per heavy atom. The lowest BCUT2D eigenvalue weighted by atomic mass is 10.1. The second-order valence-corrected chi connectivity index (χ2v) is 9.16. The van der Waals surface area contributed by atoms with Gasteiger partial charge in [-0.05, 0) is 65.7 Å². The second-order valence-electron chi connectivity index (χ2n) is 8.30. The zero-order valence-corrected chi connectivity index (χ0v) is 20.6. The van der Waals surface area contributed by atoms with Crippen LogP contribution in [0.15, 0.2) is 58.6 Å². The van der Waals surface area contributed by atoms with E-state index in [0.717, 1.165) is 40.2 Å². The van der Waals surface area contributed by atoms with E-state index in [9.17, 15) is 4.79 Å². The summed E-state index contributed by atoms with van der Waals surface area (Å²) in [5, 5.41) is 4.01. The molecule has 2 rings (SSSR count). The molecule has 0 radical (unpaired) electrons. The molecule has 1 N–H and O–H groups in total. The molecular formula is C26H35BrN2O2. The number of fused-ring (bicyclic) bond motifs is 1. The van der Waals surface area contributed by atoms with Crippen LogP contribution in [0.1, 0.15) is 59.3 Å². The summed E-state index contributed by atoms with van der Waals surface area (Å²) < 4.78 is 6.77. The number of pyridine rings is 1. The highest BCUT2D eigenvalue weighted by Crippen LogP contribution is 2.27. The van der Waals surface area contributed by atoms with E-state index >= 15 is 0 Å². The molecule has 5 heteroatoms. The van der Waals surface area contributed by atoms with Crippen molar-refractivity contribution in [1.82, 2.24) is 10.3 Å². The van der Waals surface area contributed by atoms with Crippen molar-refractivity contribution in [2.75, 3.05) is 13.2 Å². The van der Waals surface area contributed by atoms with Gasteiger partial charge in [-0.25, -0.2) is 4.98 Å². The molecule has 168 valence electrons. The topological polar surface area (TPSA) is 51.2 Å². The van der Waals surface area contributed by atoms with Gasteiger partial charge in [0.2, 0.25) is 11.8 Å². The number of nitrogens with one attached hydrogen (secondary N) is 1. The number of unbranched alkanes of at least 4 members (excludes halogenated alkanes) is 5. The smallest absolute Gasteiger partial charge is 0.244 e. The fourth-order valence-electron chi connectivity index (χ4n) is 3.12. The number of para-hydroxylation sites is 1. The van der Waals surface area contributed by atoms with Crippen molar-refractivity contribution in [2.45, 2.75) is 59.3 Å². The molecule has 1 heterocycles. The number of carbonyl (C=O) groups is 1. The molecule has 0 aliphatic heterocycles. The van der Waals surface area contributed by atoms with E-state index in [2.05, 4.69) is 52.2 Å². The van der Waals surface area contributed by atoms with Crippen LogP contribution in [-0.2, 0) is 4.79 Å². The highest BCUT2D eigenvalue weighted by atomic mass is 79.9. The number of rotatable bonds is 13. The first-order chi connectivity index (χ1) is 15.0. The van der Waals surface area contributed by atoms with Gasteiger partial charge >= 0.3 is 0 Å². The third-order valence-electron chi connectivity index (χ3n) is 4.82. The summed E-state index contributed by atoms with van der Waals surface area (Å²) in [5.41, 5.74) is 1.95. The minimum atomic E-state index is -0.0102. The standard InChI is InChI=1S/C26H35BrN2O2/c1-20(2)19-28-25(30)17-21(3)13-9-7-5-4-6-8-12-16-31-26-23(27)18-22-14-10-11-15-24(22)29-26/h9-11,13-15,17-18,20H,4-8,12,16,19H2,1-3H3,(H,28,30). The van der Waals surface area contributed by atoms with Crippen LogP contribution in [0.5, 0.6) is 5.88 Å². The molecular weight excluding hydrogens is 452 g/mol. The van der Waals surface area contributed by atoms with Gasteiger partial charge in [-0.15, -0.1) is 0 Å². The number of benzene rings is 1. The third-order valence-corrected chi connectivity index (χ3v) is 5.39. The lowest BCUT2D eigenvalue weighted by Gasteiger charge is -2.08. The Balaban J connectivity index is 1.54. The Hall–Kier alpha value is -2.14. The maximum atomic E-state index is 11.7. The summed E-state index contributed by atoms with van der Waals surface area (Å²) >= 11 is 3.55. The number of hydrogen-bond donors (Lipinski definition) is 1. The Kier molecular flexibility index (Phi) is 11.4. The van der Waals surface area contributed by atoms with E-state index in [0.29, 0.717) is 24.9 Å². The zero-order chi connectivity index (χ0) is 22.5. The van der Waals surface area contributed by atoms with Crippen molar-refractivity contribution in [3.05, 3.63) is 58.6 Å². The summed E-state index contributed by atoms with van der Waals surface area (Å²) in [4.78, 5) is 16.3. The maximum absolute atomic E-state index is 11.7. The molecule has 0 atom stereocenters. The molecule has 0 fully saturated rings. The SMILES string of the molecule is CC(C=CCCCCCCCOc1nc2ccccc2cc1Br)=CC(=O)NCC(C)C. The van der Waals surface area contributed by atoms with Crippen molar-refractivity contribution < 1.29 is 9.53 Å². The normalized spacial score (nSPS) is 12.1. The summed E-state index contributed by atoms with van der Waals surface area (Å²) in [6.45, 7) is 7.55. The van der Waals surface area contributed by atoms with E-state index in [1.165, 1.54) is 19.3 Å². The Bertz CT molecular complexity index is 890. The van der Waals surface area contributed by atoms with Gasteiger partial charge in [-0.3, -0.25) is 4.79 Å². The maximum Gasteiger partial charge on any atom is 0.244 e. The summed E-state index contributed by atoms with van der Waals surface area (Å²) in [7, 11) is 0. The summed E-state index contributed by atoms with van der Waals surface area (Å²) in [6.07, 6.45) is 12.7. The molecule has 0 aliphatic rings. The minimum Gasteiger partial charge on any atom is -0.477 e. The van der Waals surface area contributed by atoms with Gasteiger partial charge in [0.1, 0.15) is 0 Å². The van der Waals surface area contributed by atoms with Crippen LogP contribution in [-0.4, -0.2) is 24.0 Å². The number of carbonyl (C=O) groups excluding carboxylic acids is 1. The van der Waals surface area contributed by atoms with Crippen LogP contribution < -0.4 is 10.1 Å². The fraction of sp³-hybridized carbons (Fsp3) is 0.462. The van der Waals surface area contributed by atoms with Gasteiger partial charge in [-0.2, -0.15) is 0 Å². The number of hydrogen-bond acceptors (Lipinski definition) is 3. The average Bonchev–Trinajstić information content (AvgIpc) is 2.73. The Morgan fingerprint density at radius 2 is 1.90 bits per heavy atom. The van der Waals surface area contributed by atoms with Gasteiger partial charge < -0.3 is 10.1 Å². The van der Waals surface area contributed by atoms with Crippen molar-refractivity contribution in [3.63, 3.8) is 0 Å². The van der Waals surface area contributed by atoms with Crippen LogP contribution >= 0.6 is 15.9 Å². The molecule has 1 aromatic heterocycles. The van der Waals surface area contributed by atoms with E-state index in [1.54, 1.807) is 6.08 Å². The average molecular weight is 487 g/mol. The van der Waals surface area contributed by atoms with Crippen molar-refractivity contribution in [3.8, 4) is 5.88 Å². The third kappa shape index (κ3) is 10.1. The van der Waals surface area contributed by atoms with Gasteiger partial charge in [0.15, 0.2) is 0 Å². The second kappa shape index (κ2) is 14.0. The van der Waals surface area contributed by atoms with Crippen LogP contribution in [0.25, 0.3) is 10.9 Å². The number of aromatic nitrogens is 1. The molecule has 0 saturated carbocycles. The highest BCUT2D eigenvalue weighted by molar-refractivity contribution is 9.10. The molecule has 1 aromatic carbocycles. The van der Waals surface area contributed by atoms with Gasteiger partial charge in [0.25, 0.3) is 0 Å². The minimum absolute atomic E-state index is 0.0102. The van der Waals surface area contributed by atoms with E-state index < -0.39 is 0 Å². The van der Waals surface area contributed by atoms with Crippen molar-refractivity contribution in [2.24, 2.45) is 5.92 Å². The van der Waals surface area contributed by atoms with Crippen LogP contribution in [0.4, 0.5) is 0 Å². The molecule has 2 aromatic rings. The first kappa shape index (κ1) is 25.1. The Morgan fingerprint density at radius 3 is 2.71 bits per heavy atom. The van der Waals surface area contributed by atoms with Gasteiger partial charge in [-0.1, -0.05) is 63.5 Å². The van der Waals surface area contributed by atoms with Crippen molar-refractivity contribution >= 4 is 32.7 Å². The molecule has 0 aliphatic carbocycles. The number of ether oxygens (including phenoxy) is 1.